The first-order valence-electron chi connectivity index (χ1n) is 10.2. The van der Waals surface area contributed by atoms with Gasteiger partial charge >= 0.3 is 0 Å². The number of hydrogen-bond acceptors (Lipinski definition) is 6. The molecule has 4 heterocycles. The molecule has 3 aromatic rings. The van der Waals surface area contributed by atoms with Crippen molar-refractivity contribution < 1.29 is 12.8 Å². The van der Waals surface area contributed by atoms with Crippen LogP contribution in [0, 0.1) is 12.7 Å². The number of rotatable bonds is 5. The molecule has 10 heteroatoms. The third-order valence-corrected chi connectivity index (χ3v) is 7.64. The molecule has 0 bridgehead atoms. The molecule has 0 saturated carbocycles. The number of nitrogens with one attached hydrogen (secondary N) is 2. The minimum Gasteiger partial charge on any atom is -0.348 e. The molecule has 0 unspecified atom stereocenters. The van der Waals surface area contributed by atoms with Gasteiger partial charge in [-0.15, -0.1) is 0 Å². The molecule has 1 aromatic carbocycles. The van der Waals surface area contributed by atoms with Gasteiger partial charge < -0.3 is 10.2 Å². The summed E-state index contributed by atoms with van der Waals surface area (Å²) in [5, 5.41) is 3.47. The average molecular weight is 474 g/mol. The first-order chi connectivity index (χ1) is 15.3. The third-order valence-electron chi connectivity index (χ3n) is 6.08. The van der Waals surface area contributed by atoms with E-state index in [-0.39, 0.29) is 16.4 Å². The monoisotopic (exact) mass is 473 g/mol. The minimum atomic E-state index is -3.99. The Kier molecular flexibility index (Phi) is 5.07. The lowest BCUT2D eigenvalue weighted by Gasteiger charge is -2.59. The molecule has 2 N–H and O–H groups in total. The van der Waals surface area contributed by atoms with Crippen molar-refractivity contribution in [2.75, 3.05) is 29.3 Å². The van der Waals surface area contributed by atoms with E-state index >= 15 is 0 Å². The van der Waals surface area contributed by atoms with Crippen LogP contribution in [0.25, 0.3) is 11.3 Å². The quantitative estimate of drug-likeness (QED) is 0.588. The van der Waals surface area contributed by atoms with Gasteiger partial charge in [0.1, 0.15) is 17.5 Å². The van der Waals surface area contributed by atoms with Crippen LogP contribution in [0.4, 0.5) is 16.0 Å². The van der Waals surface area contributed by atoms with Crippen molar-refractivity contribution >= 4 is 33.3 Å². The zero-order chi connectivity index (χ0) is 22.5. The fourth-order valence-corrected chi connectivity index (χ4v) is 5.28. The summed E-state index contributed by atoms with van der Waals surface area (Å²) in [6.07, 6.45) is 1.06. The maximum atomic E-state index is 13.8. The highest BCUT2D eigenvalue weighted by Gasteiger charge is 2.49. The molecule has 2 aliphatic rings. The molecule has 5 rings (SSSR count). The maximum absolute atomic E-state index is 13.8. The number of pyridine rings is 2. The lowest BCUT2D eigenvalue weighted by atomic mass is 9.79. The van der Waals surface area contributed by atoms with E-state index in [1.807, 2.05) is 6.07 Å². The van der Waals surface area contributed by atoms with Crippen molar-refractivity contribution in [3.05, 3.63) is 64.9 Å². The van der Waals surface area contributed by atoms with Crippen molar-refractivity contribution in [3.8, 4) is 11.3 Å². The number of aromatic nitrogens is 2. The molecule has 0 atom stereocenters. The minimum absolute atomic E-state index is 0.0538. The van der Waals surface area contributed by atoms with Gasteiger partial charge in [0, 0.05) is 25.2 Å². The number of aryl methyl sites for hydroxylation is 1. The Morgan fingerprint density at radius 3 is 2.66 bits per heavy atom. The van der Waals surface area contributed by atoms with E-state index in [0.29, 0.717) is 22.1 Å². The van der Waals surface area contributed by atoms with Crippen molar-refractivity contribution in [2.24, 2.45) is 0 Å². The lowest BCUT2D eigenvalue weighted by molar-refractivity contribution is 0.178. The Morgan fingerprint density at radius 2 is 1.97 bits per heavy atom. The van der Waals surface area contributed by atoms with E-state index in [1.54, 1.807) is 19.1 Å². The molecular formula is C22H21ClFN5O2S. The van der Waals surface area contributed by atoms with Gasteiger partial charge in [0.2, 0.25) is 0 Å². The fraction of sp³-hybridized carbons (Fsp3) is 0.273. The summed E-state index contributed by atoms with van der Waals surface area (Å²) in [7, 11) is -3.99. The van der Waals surface area contributed by atoms with Gasteiger partial charge in [0.15, 0.2) is 5.03 Å². The molecule has 2 aliphatic heterocycles. The molecule has 0 radical (unpaired) electrons. The van der Waals surface area contributed by atoms with Gasteiger partial charge in [0.05, 0.1) is 16.3 Å². The van der Waals surface area contributed by atoms with Gasteiger partial charge in [-0.2, -0.15) is 8.42 Å². The smallest absolute Gasteiger partial charge is 0.280 e. The number of benzene rings is 1. The van der Waals surface area contributed by atoms with E-state index in [1.165, 1.54) is 30.3 Å². The predicted octanol–water partition coefficient (Wildman–Crippen LogP) is 3.60. The second-order valence-corrected chi connectivity index (χ2v) is 10.2. The zero-order valence-corrected chi connectivity index (χ0v) is 18.8. The van der Waals surface area contributed by atoms with Crippen LogP contribution in [-0.2, 0) is 10.0 Å². The number of sulfonamides is 1. The Balaban J connectivity index is 1.44. The van der Waals surface area contributed by atoms with Crippen LogP contribution in [0.2, 0.25) is 5.02 Å². The van der Waals surface area contributed by atoms with Crippen LogP contribution >= 0.6 is 11.6 Å². The number of halogens is 2. The van der Waals surface area contributed by atoms with Gasteiger partial charge in [-0.25, -0.2) is 14.4 Å². The summed E-state index contributed by atoms with van der Waals surface area (Å²) >= 11 is 6.28. The molecule has 1 spiro atoms. The molecule has 2 saturated heterocycles. The summed E-state index contributed by atoms with van der Waals surface area (Å²) in [5.74, 6) is 0.283. The second kappa shape index (κ2) is 7.68. The summed E-state index contributed by atoms with van der Waals surface area (Å²) in [5.41, 5.74) is 1.61. The fourth-order valence-electron chi connectivity index (χ4n) is 4.11. The Hall–Kier alpha value is -2.75. The van der Waals surface area contributed by atoms with E-state index in [2.05, 4.69) is 24.9 Å². The molecule has 2 aromatic heterocycles. The van der Waals surface area contributed by atoms with Crippen LogP contribution in [0.3, 0.4) is 0 Å². The molecule has 2 fully saturated rings. The third kappa shape index (κ3) is 3.60. The highest BCUT2D eigenvalue weighted by molar-refractivity contribution is 7.92. The Morgan fingerprint density at radius 1 is 1.16 bits per heavy atom. The van der Waals surface area contributed by atoms with Crippen molar-refractivity contribution in [1.82, 2.24) is 15.3 Å². The summed E-state index contributed by atoms with van der Waals surface area (Å²) in [6, 6.07) is 12.2. The van der Waals surface area contributed by atoms with E-state index in [0.717, 1.165) is 31.6 Å². The number of nitrogens with zero attached hydrogens (tertiary/aromatic N) is 3. The Bertz CT molecular complexity index is 1310. The van der Waals surface area contributed by atoms with Crippen molar-refractivity contribution in [1.29, 1.82) is 0 Å². The van der Waals surface area contributed by atoms with Crippen LogP contribution < -0.4 is 14.9 Å². The molecular weight excluding hydrogens is 453 g/mol. The van der Waals surface area contributed by atoms with Gasteiger partial charge in [-0.05, 0) is 55.3 Å². The van der Waals surface area contributed by atoms with Crippen LogP contribution in [-0.4, -0.2) is 43.6 Å². The molecule has 166 valence electrons. The van der Waals surface area contributed by atoms with Crippen molar-refractivity contribution in [2.45, 2.75) is 23.9 Å². The zero-order valence-electron chi connectivity index (χ0n) is 17.3. The predicted molar refractivity (Wildman–Crippen MR) is 122 cm³/mol. The summed E-state index contributed by atoms with van der Waals surface area (Å²) in [6.45, 7) is 4.40. The van der Waals surface area contributed by atoms with Gasteiger partial charge in [-0.1, -0.05) is 23.7 Å². The first kappa shape index (κ1) is 21.1. The lowest BCUT2D eigenvalue weighted by Crippen LogP contribution is -2.76. The van der Waals surface area contributed by atoms with Crippen LogP contribution in [0.1, 0.15) is 12.0 Å². The number of anilines is 2. The molecule has 0 aliphatic carbocycles. The molecule has 32 heavy (non-hydrogen) atoms. The van der Waals surface area contributed by atoms with Crippen LogP contribution in [0.15, 0.2) is 53.6 Å². The second-order valence-electron chi connectivity index (χ2n) is 8.16. The summed E-state index contributed by atoms with van der Waals surface area (Å²) in [4.78, 5) is 10.9. The van der Waals surface area contributed by atoms with E-state index in [9.17, 15) is 12.8 Å². The number of hydrogen-bond donors (Lipinski definition) is 2. The topological polar surface area (TPSA) is 87.2 Å². The first-order valence-corrected chi connectivity index (χ1v) is 12.0. The highest BCUT2D eigenvalue weighted by Crippen LogP contribution is 2.38. The van der Waals surface area contributed by atoms with Crippen LogP contribution in [0.5, 0.6) is 0 Å². The van der Waals surface area contributed by atoms with Crippen molar-refractivity contribution in [3.63, 3.8) is 0 Å². The highest BCUT2D eigenvalue weighted by atomic mass is 35.5. The van der Waals surface area contributed by atoms with E-state index < -0.39 is 15.8 Å². The van der Waals surface area contributed by atoms with Gasteiger partial charge in [-0.3, -0.25) is 4.72 Å². The summed E-state index contributed by atoms with van der Waals surface area (Å²) < 4.78 is 42.3. The largest absolute Gasteiger partial charge is 0.348 e. The average Bonchev–Trinajstić information content (AvgIpc) is 2.70. The maximum Gasteiger partial charge on any atom is 0.280 e. The van der Waals surface area contributed by atoms with E-state index in [4.69, 9.17) is 11.6 Å². The standard InChI is InChI=1S/C22H21ClFN5O2S/c1-14-5-6-15(24)11-16(14)21-17(23)7-8-18(26-21)28-32(30,31)20-4-2-3-19(27-20)29-10-9-22(29)12-25-13-22/h2-8,11,25H,9-10,12-13H2,1H3,(H,26,28). The van der Waals surface area contributed by atoms with Gasteiger partial charge in [0.25, 0.3) is 10.0 Å². The SMILES string of the molecule is Cc1ccc(F)cc1-c1nc(NS(=O)(=O)c2cccc(N3CCC34CNC4)n2)ccc1Cl. The Labute approximate surface area is 190 Å². The molecule has 7 nitrogen and oxygen atoms in total. The molecule has 0 amide bonds. The normalized spacial score (nSPS) is 17.0.